The second-order valence-electron chi connectivity index (χ2n) is 3.97. The summed E-state index contributed by atoms with van der Waals surface area (Å²) < 4.78 is 48.6. The predicted octanol–water partition coefficient (Wildman–Crippen LogP) is 3.99. The number of hydrogen-bond acceptors (Lipinski definition) is 4. The fourth-order valence-corrected chi connectivity index (χ4v) is 2.57. The van der Waals surface area contributed by atoms with E-state index in [0.717, 1.165) is 0 Å². The topological polar surface area (TPSA) is 52.6 Å². The van der Waals surface area contributed by atoms with Crippen molar-refractivity contribution in [3.63, 3.8) is 0 Å². The standard InChI is InChI=1S/C11H21F2O4P/c1-4-6-8-16-18(15,17-9-7-5-2)11(12,13)10(3)14/h4-9H2,1-3H3. The highest BCUT2D eigenvalue weighted by Gasteiger charge is 2.57. The molecule has 18 heavy (non-hydrogen) atoms. The molecule has 0 aromatic rings. The van der Waals surface area contributed by atoms with Gasteiger partial charge in [0, 0.05) is 6.92 Å². The lowest BCUT2D eigenvalue weighted by atomic mass is 10.4. The molecule has 7 heteroatoms. The van der Waals surface area contributed by atoms with Gasteiger partial charge in [-0.1, -0.05) is 26.7 Å². The van der Waals surface area contributed by atoms with Crippen molar-refractivity contribution in [1.29, 1.82) is 0 Å². The summed E-state index contributed by atoms with van der Waals surface area (Å²) in [5.74, 6) is -1.50. The van der Waals surface area contributed by atoms with Crippen molar-refractivity contribution in [2.24, 2.45) is 0 Å². The maximum atomic E-state index is 13.6. The lowest BCUT2D eigenvalue weighted by Gasteiger charge is -2.24. The van der Waals surface area contributed by atoms with Crippen LogP contribution in [0.5, 0.6) is 0 Å². The first kappa shape index (κ1) is 17.7. The summed E-state index contributed by atoms with van der Waals surface area (Å²) >= 11 is 0. The second kappa shape index (κ2) is 7.97. The number of Topliss-reactive ketones (excluding diaryl/α,β-unsaturated/α-hetero) is 1. The number of alkyl halides is 2. The fourth-order valence-electron chi connectivity index (χ4n) is 1.05. The molecule has 0 radical (unpaired) electrons. The van der Waals surface area contributed by atoms with Crippen LogP contribution in [-0.4, -0.2) is 24.7 Å². The van der Waals surface area contributed by atoms with E-state index in [9.17, 15) is 18.1 Å². The molecule has 0 aliphatic carbocycles. The van der Waals surface area contributed by atoms with E-state index in [2.05, 4.69) is 0 Å². The fraction of sp³-hybridized carbons (Fsp3) is 0.909. The zero-order chi connectivity index (χ0) is 14.2. The van der Waals surface area contributed by atoms with Crippen LogP contribution in [0.15, 0.2) is 0 Å². The van der Waals surface area contributed by atoms with Gasteiger partial charge in [-0.2, -0.15) is 8.78 Å². The van der Waals surface area contributed by atoms with Gasteiger partial charge in [0.05, 0.1) is 13.2 Å². The first-order valence-electron chi connectivity index (χ1n) is 6.09. The van der Waals surface area contributed by atoms with E-state index in [4.69, 9.17) is 9.05 Å². The highest BCUT2D eigenvalue weighted by atomic mass is 31.2. The molecule has 0 aliphatic rings. The van der Waals surface area contributed by atoms with Gasteiger partial charge in [-0.3, -0.25) is 9.36 Å². The molecule has 0 bridgehead atoms. The summed E-state index contributed by atoms with van der Waals surface area (Å²) in [6.07, 6.45) is 2.38. The summed E-state index contributed by atoms with van der Waals surface area (Å²) in [6, 6.07) is 0. The van der Waals surface area contributed by atoms with Crippen LogP contribution in [0.3, 0.4) is 0 Å². The molecule has 0 atom stereocenters. The van der Waals surface area contributed by atoms with Crippen molar-refractivity contribution in [3.05, 3.63) is 0 Å². The molecule has 0 rings (SSSR count). The number of ketones is 1. The Balaban J connectivity index is 4.79. The van der Waals surface area contributed by atoms with Crippen molar-refractivity contribution < 1.29 is 27.2 Å². The van der Waals surface area contributed by atoms with Crippen LogP contribution >= 0.6 is 7.60 Å². The number of carbonyl (C=O) groups excluding carboxylic acids is 1. The number of hydrogen-bond donors (Lipinski definition) is 0. The van der Waals surface area contributed by atoms with Crippen LogP contribution in [0.25, 0.3) is 0 Å². The quantitative estimate of drug-likeness (QED) is 0.450. The predicted molar refractivity (Wildman–Crippen MR) is 65.0 cm³/mol. The Kier molecular flexibility index (Phi) is 7.83. The zero-order valence-corrected chi connectivity index (χ0v) is 12.0. The van der Waals surface area contributed by atoms with Crippen molar-refractivity contribution in [2.75, 3.05) is 13.2 Å². The largest absolute Gasteiger partial charge is 0.407 e. The third-order valence-corrected chi connectivity index (χ3v) is 4.33. The van der Waals surface area contributed by atoms with Gasteiger partial charge >= 0.3 is 13.3 Å². The Morgan fingerprint density at radius 2 is 1.50 bits per heavy atom. The first-order chi connectivity index (χ1) is 8.31. The monoisotopic (exact) mass is 286 g/mol. The molecule has 0 unspecified atom stereocenters. The minimum Gasteiger partial charge on any atom is -0.304 e. The molecular weight excluding hydrogens is 265 g/mol. The Morgan fingerprint density at radius 3 is 1.78 bits per heavy atom. The summed E-state index contributed by atoms with van der Waals surface area (Å²) in [4.78, 5) is 10.9. The number of unbranched alkanes of at least 4 members (excludes halogenated alkanes) is 2. The van der Waals surface area contributed by atoms with Crippen LogP contribution in [0, 0.1) is 0 Å². The van der Waals surface area contributed by atoms with Crippen molar-refractivity contribution in [3.8, 4) is 0 Å². The average molecular weight is 286 g/mol. The summed E-state index contributed by atoms with van der Waals surface area (Å²) in [5.41, 5.74) is -4.07. The molecule has 0 aliphatic heterocycles. The summed E-state index contributed by atoms with van der Waals surface area (Å²) in [7, 11) is -4.72. The van der Waals surface area contributed by atoms with Gasteiger partial charge in [-0.05, 0) is 12.8 Å². The summed E-state index contributed by atoms with van der Waals surface area (Å²) in [6.45, 7) is 4.15. The first-order valence-corrected chi connectivity index (χ1v) is 7.64. The number of halogens is 2. The van der Waals surface area contributed by atoms with E-state index >= 15 is 0 Å². The zero-order valence-electron chi connectivity index (χ0n) is 11.1. The highest BCUT2D eigenvalue weighted by molar-refractivity contribution is 7.56. The molecule has 0 saturated carbocycles. The second-order valence-corrected chi connectivity index (χ2v) is 6.04. The summed E-state index contributed by atoms with van der Waals surface area (Å²) in [5, 5.41) is 0. The van der Waals surface area contributed by atoms with Gasteiger partial charge in [-0.25, -0.2) is 0 Å². The van der Waals surface area contributed by atoms with Gasteiger partial charge in [0.1, 0.15) is 0 Å². The molecule has 0 aromatic heterocycles. The third kappa shape index (κ3) is 4.75. The van der Waals surface area contributed by atoms with Crippen LogP contribution < -0.4 is 0 Å². The van der Waals surface area contributed by atoms with Crippen molar-refractivity contribution >= 4 is 13.4 Å². The van der Waals surface area contributed by atoms with E-state index in [1.54, 1.807) is 0 Å². The van der Waals surface area contributed by atoms with Gasteiger partial charge in [0.25, 0.3) is 0 Å². The van der Waals surface area contributed by atoms with E-state index in [0.29, 0.717) is 32.6 Å². The SMILES string of the molecule is CCCCOP(=O)(OCCCC)C(F)(F)C(C)=O. The minimum atomic E-state index is -4.72. The Labute approximate surface area is 107 Å². The van der Waals surface area contributed by atoms with Crippen molar-refractivity contribution in [1.82, 2.24) is 0 Å². The molecule has 0 fully saturated rings. The number of rotatable bonds is 10. The van der Waals surface area contributed by atoms with Crippen LogP contribution in [-0.2, 0) is 18.4 Å². The Morgan fingerprint density at radius 1 is 1.11 bits per heavy atom. The third-order valence-electron chi connectivity index (χ3n) is 2.29. The Bertz CT molecular complexity index is 293. The maximum absolute atomic E-state index is 13.6. The maximum Gasteiger partial charge on any atom is 0.407 e. The van der Waals surface area contributed by atoms with E-state index in [1.807, 2.05) is 13.8 Å². The molecule has 0 spiro atoms. The molecule has 0 saturated heterocycles. The molecule has 0 aromatic carbocycles. The normalized spacial score (nSPS) is 12.7. The van der Waals surface area contributed by atoms with Crippen LogP contribution in [0.2, 0.25) is 0 Å². The van der Waals surface area contributed by atoms with E-state index in [1.165, 1.54) is 0 Å². The smallest absolute Gasteiger partial charge is 0.304 e. The van der Waals surface area contributed by atoms with Crippen LogP contribution in [0.4, 0.5) is 8.78 Å². The molecule has 0 heterocycles. The van der Waals surface area contributed by atoms with Crippen molar-refractivity contribution in [2.45, 2.75) is 52.1 Å². The lowest BCUT2D eigenvalue weighted by molar-refractivity contribution is -0.133. The molecule has 0 amide bonds. The average Bonchev–Trinajstić information content (AvgIpc) is 2.29. The van der Waals surface area contributed by atoms with Gasteiger partial charge in [-0.15, -0.1) is 0 Å². The molecule has 4 nitrogen and oxygen atoms in total. The van der Waals surface area contributed by atoms with E-state index in [-0.39, 0.29) is 13.2 Å². The molecule has 0 N–H and O–H groups in total. The highest BCUT2D eigenvalue weighted by Crippen LogP contribution is 2.62. The number of carbonyl (C=O) groups is 1. The molecular formula is C11H21F2O4P. The van der Waals surface area contributed by atoms with E-state index < -0.39 is 19.0 Å². The molecule has 108 valence electrons. The van der Waals surface area contributed by atoms with Gasteiger partial charge in [0.15, 0.2) is 0 Å². The van der Waals surface area contributed by atoms with Crippen LogP contribution in [0.1, 0.15) is 46.5 Å². The van der Waals surface area contributed by atoms with Gasteiger partial charge in [0.2, 0.25) is 5.78 Å². The minimum absolute atomic E-state index is 0.108. The van der Waals surface area contributed by atoms with Gasteiger partial charge < -0.3 is 9.05 Å². The Hall–Kier alpha value is -0.320. The lowest BCUT2D eigenvalue weighted by Crippen LogP contribution is -2.28.